The summed E-state index contributed by atoms with van der Waals surface area (Å²) in [6, 6.07) is 12.4. The second-order valence-corrected chi connectivity index (χ2v) is 6.40. The quantitative estimate of drug-likeness (QED) is 0.817. The summed E-state index contributed by atoms with van der Waals surface area (Å²) in [4.78, 5) is 0. The minimum atomic E-state index is -0.251. The summed E-state index contributed by atoms with van der Waals surface area (Å²) in [6.45, 7) is 7.51. The first kappa shape index (κ1) is 18.3. The van der Waals surface area contributed by atoms with E-state index in [0.29, 0.717) is 13.2 Å². The summed E-state index contributed by atoms with van der Waals surface area (Å²) in [6.07, 6.45) is 0.881. The van der Waals surface area contributed by atoms with Gasteiger partial charge in [0.05, 0.1) is 19.3 Å². The highest BCUT2D eigenvalue weighted by molar-refractivity contribution is 5.44. The summed E-state index contributed by atoms with van der Waals surface area (Å²) >= 11 is 0. The third-order valence-corrected chi connectivity index (χ3v) is 4.56. The maximum absolute atomic E-state index is 13.3. The number of halogens is 1. The smallest absolute Gasteiger partial charge is 0.161 e. The molecule has 0 unspecified atom stereocenters. The number of nitrogens with one attached hydrogen (secondary N) is 2. The Morgan fingerprint density at radius 1 is 1.04 bits per heavy atom. The lowest BCUT2D eigenvalue weighted by atomic mass is 10.0. The van der Waals surface area contributed by atoms with Crippen molar-refractivity contribution < 1.29 is 13.9 Å². The van der Waals surface area contributed by atoms with Crippen molar-refractivity contribution in [1.82, 2.24) is 10.6 Å². The van der Waals surface area contributed by atoms with Gasteiger partial charge in [-0.3, -0.25) is 5.32 Å². The highest BCUT2D eigenvalue weighted by atomic mass is 19.1. The van der Waals surface area contributed by atoms with Crippen LogP contribution in [-0.2, 0) is 0 Å². The lowest BCUT2D eigenvalue weighted by Gasteiger charge is -2.26. The number of hydrogen-bond donors (Lipinski definition) is 2. The van der Waals surface area contributed by atoms with Gasteiger partial charge in [-0.25, -0.2) is 4.39 Å². The molecule has 0 bridgehead atoms. The first-order chi connectivity index (χ1) is 12.6. The van der Waals surface area contributed by atoms with Crippen molar-refractivity contribution in [2.75, 3.05) is 20.3 Å². The molecule has 0 aromatic heterocycles. The molecule has 0 saturated heterocycles. The fraction of sp³-hybridized carbons (Fsp3) is 0.333. The van der Waals surface area contributed by atoms with Gasteiger partial charge in [0.2, 0.25) is 0 Å². The van der Waals surface area contributed by atoms with Gasteiger partial charge < -0.3 is 14.8 Å². The molecule has 1 aliphatic heterocycles. The molecule has 0 radical (unpaired) electrons. The maximum Gasteiger partial charge on any atom is 0.161 e. The number of fused-ring (bicyclic) bond motifs is 1. The average Bonchev–Trinajstić information content (AvgIpc) is 2.91. The minimum absolute atomic E-state index is 0.0345. The molecule has 26 heavy (non-hydrogen) atoms. The summed E-state index contributed by atoms with van der Waals surface area (Å²) in [5.74, 6) is 1.31. The van der Waals surface area contributed by atoms with Crippen LogP contribution < -0.4 is 20.1 Å². The Labute approximate surface area is 154 Å². The SMILES string of the molecule is C=C(NC)[C@H](N[C@H](C)c1ccc2c(c1)OCCCO2)c1ccc(F)cc1. The predicted octanol–water partition coefficient (Wildman–Crippen LogP) is 4.11. The van der Waals surface area contributed by atoms with Crippen LogP contribution in [0.4, 0.5) is 4.39 Å². The molecule has 2 atom stereocenters. The molecule has 0 aliphatic carbocycles. The molecule has 3 rings (SSSR count). The second kappa shape index (κ2) is 8.23. The largest absolute Gasteiger partial charge is 0.490 e. The van der Waals surface area contributed by atoms with E-state index in [4.69, 9.17) is 9.47 Å². The summed E-state index contributed by atoms with van der Waals surface area (Å²) < 4.78 is 24.8. The Morgan fingerprint density at radius 3 is 2.38 bits per heavy atom. The standard InChI is InChI=1S/C21H25FN2O2/c1-14(17-7-10-19-20(13-17)26-12-4-11-25-19)24-21(15(2)23-3)16-5-8-18(22)9-6-16/h5-10,13-14,21,23-24H,2,4,11-12H2,1,3H3/t14-,21+/m1/s1. The van der Waals surface area contributed by atoms with E-state index in [1.807, 2.05) is 25.2 Å². The van der Waals surface area contributed by atoms with Gasteiger partial charge in [0.1, 0.15) is 5.82 Å². The van der Waals surface area contributed by atoms with Crippen LogP contribution in [0.15, 0.2) is 54.7 Å². The molecule has 5 heteroatoms. The van der Waals surface area contributed by atoms with E-state index in [9.17, 15) is 4.39 Å². The van der Waals surface area contributed by atoms with Crippen molar-refractivity contribution in [3.8, 4) is 11.5 Å². The summed E-state index contributed by atoms with van der Waals surface area (Å²) in [5, 5.41) is 6.66. The Bertz CT molecular complexity index is 761. The predicted molar refractivity (Wildman–Crippen MR) is 101 cm³/mol. The van der Waals surface area contributed by atoms with Gasteiger partial charge in [-0.1, -0.05) is 24.8 Å². The normalized spacial score (nSPS) is 15.7. The van der Waals surface area contributed by atoms with E-state index >= 15 is 0 Å². The van der Waals surface area contributed by atoms with Gasteiger partial charge in [-0.15, -0.1) is 0 Å². The fourth-order valence-electron chi connectivity index (χ4n) is 2.99. The Balaban J connectivity index is 1.81. The first-order valence-electron chi connectivity index (χ1n) is 8.86. The van der Waals surface area contributed by atoms with E-state index in [0.717, 1.165) is 34.7 Å². The Kier molecular flexibility index (Phi) is 5.78. The highest BCUT2D eigenvalue weighted by Gasteiger charge is 2.19. The second-order valence-electron chi connectivity index (χ2n) is 6.40. The first-order valence-corrected chi connectivity index (χ1v) is 8.86. The molecule has 138 valence electrons. The molecule has 2 aromatic carbocycles. The zero-order valence-corrected chi connectivity index (χ0v) is 15.2. The van der Waals surface area contributed by atoms with Gasteiger partial charge in [0.15, 0.2) is 11.5 Å². The van der Waals surface area contributed by atoms with Crippen LogP contribution in [-0.4, -0.2) is 20.3 Å². The molecule has 0 saturated carbocycles. The lowest BCUT2D eigenvalue weighted by Crippen LogP contribution is -2.30. The van der Waals surface area contributed by atoms with Crippen molar-refractivity contribution in [1.29, 1.82) is 0 Å². The Hall–Kier alpha value is -2.53. The summed E-state index contributed by atoms with van der Waals surface area (Å²) in [5.41, 5.74) is 2.86. The molecule has 0 amide bonds. The van der Waals surface area contributed by atoms with Crippen molar-refractivity contribution in [3.05, 3.63) is 71.7 Å². The van der Waals surface area contributed by atoms with Crippen LogP contribution in [0, 0.1) is 5.82 Å². The van der Waals surface area contributed by atoms with Crippen molar-refractivity contribution >= 4 is 0 Å². The van der Waals surface area contributed by atoms with Crippen molar-refractivity contribution in [2.24, 2.45) is 0 Å². The van der Waals surface area contributed by atoms with Gasteiger partial charge >= 0.3 is 0 Å². The number of benzene rings is 2. The molecule has 4 nitrogen and oxygen atoms in total. The van der Waals surface area contributed by atoms with E-state index in [1.165, 1.54) is 12.1 Å². The third kappa shape index (κ3) is 4.17. The number of hydrogen-bond acceptors (Lipinski definition) is 4. The van der Waals surface area contributed by atoms with Gasteiger partial charge in [-0.05, 0) is 42.3 Å². The number of ether oxygens (including phenoxy) is 2. The number of rotatable bonds is 6. The van der Waals surface area contributed by atoms with E-state index in [2.05, 4.69) is 24.1 Å². The molecule has 1 aliphatic rings. The monoisotopic (exact) mass is 356 g/mol. The molecule has 2 aromatic rings. The lowest BCUT2D eigenvalue weighted by molar-refractivity contribution is 0.297. The topological polar surface area (TPSA) is 42.5 Å². The van der Waals surface area contributed by atoms with Gasteiger partial charge in [0, 0.05) is 25.2 Å². The molecule has 0 spiro atoms. The molecule has 1 heterocycles. The highest BCUT2D eigenvalue weighted by Crippen LogP contribution is 2.33. The van der Waals surface area contributed by atoms with Crippen LogP contribution in [0.5, 0.6) is 11.5 Å². The van der Waals surface area contributed by atoms with Gasteiger partial charge in [0.25, 0.3) is 0 Å². The minimum Gasteiger partial charge on any atom is -0.490 e. The molecule has 2 N–H and O–H groups in total. The zero-order chi connectivity index (χ0) is 18.5. The van der Waals surface area contributed by atoms with Crippen LogP contribution in [0.3, 0.4) is 0 Å². The van der Waals surface area contributed by atoms with E-state index in [1.54, 1.807) is 12.1 Å². The third-order valence-electron chi connectivity index (χ3n) is 4.56. The number of likely N-dealkylation sites (N-methyl/N-ethyl adjacent to an activating group) is 1. The van der Waals surface area contributed by atoms with Crippen LogP contribution in [0.1, 0.15) is 36.6 Å². The van der Waals surface area contributed by atoms with Crippen molar-refractivity contribution in [2.45, 2.75) is 25.4 Å². The molecular formula is C21H25FN2O2. The van der Waals surface area contributed by atoms with Crippen LogP contribution in [0.2, 0.25) is 0 Å². The van der Waals surface area contributed by atoms with Crippen LogP contribution in [0.25, 0.3) is 0 Å². The van der Waals surface area contributed by atoms with Gasteiger partial charge in [-0.2, -0.15) is 0 Å². The maximum atomic E-state index is 13.3. The average molecular weight is 356 g/mol. The van der Waals surface area contributed by atoms with E-state index < -0.39 is 0 Å². The fourth-order valence-corrected chi connectivity index (χ4v) is 2.99. The van der Waals surface area contributed by atoms with Crippen molar-refractivity contribution in [3.63, 3.8) is 0 Å². The molecular weight excluding hydrogens is 331 g/mol. The van der Waals surface area contributed by atoms with E-state index in [-0.39, 0.29) is 17.9 Å². The van der Waals surface area contributed by atoms with Crippen LogP contribution >= 0.6 is 0 Å². The molecule has 0 fully saturated rings. The zero-order valence-electron chi connectivity index (χ0n) is 15.2. The summed E-state index contributed by atoms with van der Waals surface area (Å²) in [7, 11) is 1.83. The Morgan fingerprint density at radius 2 is 1.69 bits per heavy atom.